The van der Waals surface area contributed by atoms with Crippen molar-refractivity contribution in [2.45, 2.75) is 26.2 Å². The number of benzene rings is 1. The maximum Gasteiger partial charge on any atom is 0.311 e. The molecule has 0 spiro atoms. The molecule has 1 aromatic carbocycles. The third-order valence-corrected chi connectivity index (χ3v) is 4.97. The summed E-state index contributed by atoms with van der Waals surface area (Å²) in [4.78, 5) is 27.8. The number of hydrogen-bond donors (Lipinski definition) is 0. The summed E-state index contributed by atoms with van der Waals surface area (Å²) in [6.07, 6.45) is 2.69. The normalized spacial score (nSPS) is 22.5. The standard InChI is InChI=1S/C18H24N2O3/c1-13-7-9-19(10-8-13)15-3-5-16(6-4-15)20-12-14(11-17(20)21)18(22)23-2/h3-6,13-14H,7-12H2,1-2H3. The van der Waals surface area contributed by atoms with Gasteiger partial charge in [0.2, 0.25) is 5.91 Å². The summed E-state index contributed by atoms with van der Waals surface area (Å²) in [5, 5.41) is 0. The Morgan fingerprint density at radius 1 is 1.13 bits per heavy atom. The van der Waals surface area contributed by atoms with Crippen molar-refractivity contribution in [3.63, 3.8) is 0 Å². The van der Waals surface area contributed by atoms with E-state index in [9.17, 15) is 9.59 Å². The molecule has 2 aliphatic rings. The minimum absolute atomic E-state index is 0.0139. The smallest absolute Gasteiger partial charge is 0.311 e. The van der Waals surface area contributed by atoms with Gasteiger partial charge in [0.1, 0.15) is 0 Å². The van der Waals surface area contributed by atoms with Crippen LogP contribution in [0.5, 0.6) is 0 Å². The molecule has 124 valence electrons. The Kier molecular flexibility index (Phi) is 4.55. The lowest BCUT2D eigenvalue weighted by Gasteiger charge is -2.32. The van der Waals surface area contributed by atoms with Crippen molar-refractivity contribution in [2.75, 3.05) is 36.5 Å². The van der Waals surface area contributed by atoms with Crippen LogP contribution in [0.25, 0.3) is 0 Å². The molecule has 1 unspecified atom stereocenters. The molecule has 0 radical (unpaired) electrons. The van der Waals surface area contributed by atoms with Crippen LogP contribution in [0.1, 0.15) is 26.2 Å². The molecule has 5 heteroatoms. The summed E-state index contributed by atoms with van der Waals surface area (Å²) in [6, 6.07) is 8.10. The van der Waals surface area contributed by atoms with Crippen LogP contribution in [-0.2, 0) is 14.3 Å². The number of rotatable bonds is 3. The number of carbonyl (C=O) groups excluding carboxylic acids is 2. The lowest BCUT2D eigenvalue weighted by Crippen LogP contribution is -2.32. The lowest BCUT2D eigenvalue weighted by atomic mass is 9.99. The van der Waals surface area contributed by atoms with Crippen LogP contribution < -0.4 is 9.80 Å². The number of methoxy groups -OCH3 is 1. The Hall–Kier alpha value is -2.04. The Labute approximate surface area is 137 Å². The molecule has 1 atom stereocenters. The molecular formula is C18H24N2O3. The summed E-state index contributed by atoms with van der Waals surface area (Å²) in [5.74, 6) is 0.138. The van der Waals surface area contributed by atoms with E-state index in [-0.39, 0.29) is 24.2 Å². The van der Waals surface area contributed by atoms with Gasteiger partial charge in [0.15, 0.2) is 0 Å². The minimum Gasteiger partial charge on any atom is -0.469 e. The van der Waals surface area contributed by atoms with Crippen molar-refractivity contribution >= 4 is 23.3 Å². The largest absolute Gasteiger partial charge is 0.469 e. The Balaban J connectivity index is 1.68. The number of piperidine rings is 1. The minimum atomic E-state index is -0.351. The summed E-state index contributed by atoms with van der Waals surface area (Å²) < 4.78 is 4.75. The maximum atomic E-state index is 12.1. The first kappa shape index (κ1) is 15.8. The molecule has 2 fully saturated rings. The van der Waals surface area contributed by atoms with Crippen molar-refractivity contribution in [1.29, 1.82) is 0 Å². The Morgan fingerprint density at radius 2 is 1.74 bits per heavy atom. The van der Waals surface area contributed by atoms with E-state index >= 15 is 0 Å². The van der Waals surface area contributed by atoms with Gasteiger partial charge >= 0.3 is 5.97 Å². The first-order chi connectivity index (χ1) is 11.1. The van der Waals surface area contributed by atoms with Gasteiger partial charge in [-0.25, -0.2) is 0 Å². The molecule has 0 N–H and O–H groups in total. The van der Waals surface area contributed by atoms with Crippen molar-refractivity contribution in [2.24, 2.45) is 11.8 Å². The molecule has 2 saturated heterocycles. The summed E-state index contributed by atoms with van der Waals surface area (Å²) in [7, 11) is 1.36. The molecule has 0 aliphatic carbocycles. The average molecular weight is 316 g/mol. The fraction of sp³-hybridized carbons (Fsp3) is 0.556. The van der Waals surface area contributed by atoms with E-state index in [1.165, 1.54) is 25.6 Å². The van der Waals surface area contributed by atoms with E-state index in [1.807, 2.05) is 12.1 Å². The van der Waals surface area contributed by atoms with Gasteiger partial charge in [0.25, 0.3) is 0 Å². The molecule has 3 rings (SSSR count). The zero-order valence-corrected chi connectivity index (χ0v) is 13.8. The van der Waals surface area contributed by atoms with Crippen LogP contribution >= 0.6 is 0 Å². The van der Waals surface area contributed by atoms with Crippen molar-refractivity contribution in [3.8, 4) is 0 Å². The van der Waals surface area contributed by atoms with E-state index in [4.69, 9.17) is 4.74 Å². The average Bonchev–Trinajstić information content (AvgIpc) is 2.97. The number of hydrogen-bond acceptors (Lipinski definition) is 4. The molecule has 23 heavy (non-hydrogen) atoms. The van der Waals surface area contributed by atoms with Gasteiger partial charge in [-0.3, -0.25) is 9.59 Å². The van der Waals surface area contributed by atoms with Crippen LogP contribution in [0.15, 0.2) is 24.3 Å². The molecule has 2 aliphatic heterocycles. The van der Waals surface area contributed by atoms with Crippen LogP contribution in [-0.4, -0.2) is 38.6 Å². The second-order valence-electron chi connectivity index (χ2n) is 6.61. The molecule has 1 aromatic rings. The van der Waals surface area contributed by atoms with Gasteiger partial charge in [-0.1, -0.05) is 6.92 Å². The Bertz CT molecular complexity index is 576. The molecule has 0 aromatic heterocycles. The SMILES string of the molecule is COC(=O)C1CC(=O)N(c2ccc(N3CCC(C)CC3)cc2)C1. The van der Waals surface area contributed by atoms with Gasteiger partial charge in [0, 0.05) is 37.4 Å². The van der Waals surface area contributed by atoms with E-state index in [1.54, 1.807) is 4.90 Å². The summed E-state index contributed by atoms with van der Waals surface area (Å²) in [5.41, 5.74) is 2.06. The fourth-order valence-electron chi connectivity index (χ4n) is 3.39. The van der Waals surface area contributed by atoms with Gasteiger partial charge in [0.05, 0.1) is 13.0 Å². The van der Waals surface area contributed by atoms with Gasteiger partial charge in [-0.05, 0) is 43.0 Å². The predicted octanol–water partition coefficient (Wildman–Crippen LogP) is 2.45. The zero-order valence-electron chi connectivity index (χ0n) is 13.8. The number of carbonyl (C=O) groups is 2. The molecular weight excluding hydrogens is 292 g/mol. The Morgan fingerprint density at radius 3 is 2.35 bits per heavy atom. The van der Waals surface area contributed by atoms with Crippen LogP contribution in [0.2, 0.25) is 0 Å². The van der Waals surface area contributed by atoms with Gasteiger partial charge in [-0.15, -0.1) is 0 Å². The van der Waals surface area contributed by atoms with Crippen molar-refractivity contribution in [3.05, 3.63) is 24.3 Å². The van der Waals surface area contributed by atoms with Crippen LogP contribution in [0.3, 0.4) is 0 Å². The van der Waals surface area contributed by atoms with Crippen molar-refractivity contribution < 1.29 is 14.3 Å². The number of nitrogens with zero attached hydrogens (tertiary/aromatic N) is 2. The molecule has 5 nitrogen and oxygen atoms in total. The monoisotopic (exact) mass is 316 g/mol. The zero-order chi connectivity index (χ0) is 16.4. The van der Waals surface area contributed by atoms with Gasteiger partial charge in [-0.2, -0.15) is 0 Å². The van der Waals surface area contributed by atoms with E-state index in [2.05, 4.69) is 24.0 Å². The molecule has 1 amide bonds. The first-order valence-corrected chi connectivity index (χ1v) is 8.31. The van der Waals surface area contributed by atoms with Crippen LogP contribution in [0.4, 0.5) is 11.4 Å². The highest BCUT2D eigenvalue weighted by Gasteiger charge is 2.35. The highest BCUT2D eigenvalue weighted by molar-refractivity contribution is 5.99. The fourth-order valence-corrected chi connectivity index (χ4v) is 3.39. The highest BCUT2D eigenvalue weighted by atomic mass is 16.5. The first-order valence-electron chi connectivity index (χ1n) is 8.31. The predicted molar refractivity (Wildman–Crippen MR) is 89.5 cm³/mol. The summed E-state index contributed by atoms with van der Waals surface area (Å²) >= 11 is 0. The van der Waals surface area contributed by atoms with Crippen molar-refractivity contribution in [1.82, 2.24) is 0 Å². The lowest BCUT2D eigenvalue weighted by molar-refractivity contribution is -0.145. The third-order valence-electron chi connectivity index (χ3n) is 4.97. The number of ether oxygens (including phenoxy) is 1. The second-order valence-corrected chi connectivity index (χ2v) is 6.61. The summed E-state index contributed by atoms with van der Waals surface area (Å²) in [6.45, 7) is 4.89. The molecule has 0 saturated carbocycles. The molecule has 2 heterocycles. The van der Waals surface area contributed by atoms with E-state index in [0.29, 0.717) is 6.54 Å². The maximum absolute atomic E-state index is 12.1. The van der Waals surface area contributed by atoms with E-state index in [0.717, 1.165) is 24.7 Å². The van der Waals surface area contributed by atoms with E-state index < -0.39 is 0 Å². The number of amides is 1. The topological polar surface area (TPSA) is 49.9 Å². The highest BCUT2D eigenvalue weighted by Crippen LogP contribution is 2.29. The van der Waals surface area contributed by atoms with Crippen LogP contribution in [0, 0.1) is 11.8 Å². The van der Waals surface area contributed by atoms with Gasteiger partial charge < -0.3 is 14.5 Å². The quantitative estimate of drug-likeness (QED) is 0.804. The number of anilines is 2. The third kappa shape index (κ3) is 3.33. The molecule has 0 bridgehead atoms. The number of esters is 1. The second kappa shape index (κ2) is 6.60.